The van der Waals surface area contributed by atoms with E-state index in [1.807, 2.05) is 24.5 Å². The molecule has 0 unspecified atom stereocenters. The molecule has 0 saturated carbocycles. The van der Waals surface area contributed by atoms with Crippen LogP contribution < -0.4 is 0 Å². The minimum absolute atomic E-state index is 0.112. The predicted octanol–water partition coefficient (Wildman–Crippen LogP) is 0.969. The van der Waals surface area contributed by atoms with Crippen molar-refractivity contribution in [2.75, 3.05) is 6.61 Å². The first-order chi connectivity index (χ1) is 5.70. The smallest absolute Gasteiger partial charge is 0.101 e. The Balaban J connectivity index is 3.12. The lowest BCUT2D eigenvalue weighted by Crippen LogP contribution is -2.05. The van der Waals surface area contributed by atoms with E-state index in [0.717, 1.165) is 11.4 Å². The van der Waals surface area contributed by atoms with Crippen LogP contribution in [0, 0.1) is 25.2 Å². The van der Waals surface area contributed by atoms with Gasteiger partial charge in [0, 0.05) is 17.9 Å². The number of rotatable bonds is 2. The van der Waals surface area contributed by atoms with Gasteiger partial charge in [0.1, 0.15) is 6.07 Å². The zero-order valence-corrected chi connectivity index (χ0v) is 7.33. The maximum atomic E-state index is 8.75. The number of nitrogens with zero attached hydrogens (tertiary/aromatic N) is 2. The molecule has 0 aliphatic rings. The summed E-state index contributed by atoms with van der Waals surface area (Å²) >= 11 is 0. The molecule has 1 rings (SSSR count). The highest BCUT2D eigenvalue weighted by Gasteiger charge is 2.06. The van der Waals surface area contributed by atoms with Crippen molar-refractivity contribution >= 4 is 0 Å². The fourth-order valence-corrected chi connectivity index (χ4v) is 1.36. The number of hydrogen-bond acceptors (Lipinski definition) is 2. The van der Waals surface area contributed by atoms with E-state index in [-0.39, 0.29) is 6.61 Å². The van der Waals surface area contributed by atoms with E-state index in [1.165, 1.54) is 0 Å². The summed E-state index contributed by atoms with van der Waals surface area (Å²) in [5, 5.41) is 17.4. The van der Waals surface area contributed by atoms with Crippen molar-refractivity contribution in [3.63, 3.8) is 0 Å². The summed E-state index contributed by atoms with van der Waals surface area (Å²) in [6.45, 7) is 4.51. The lowest BCUT2D eigenvalue weighted by atomic mass is 10.3. The van der Waals surface area contributed by atoms with Crippen molar-refractivity contribution in [2.45, 2.75) is 20.4 Å². The molecule has 1 aromatic rings. The third kappa shape index (κ3) is 1.34. The fraction of sp³-hybridized carbons (Fsp3) is 0.444. The fourth-order valence-electron chi connectivity index (χ4n) is 1.36. The summed E-state index contributed by atoms with van der Waals surface area (Å²) in [5.41, 5.74) is 2.66. The first-order valence-corrected chi connectivity index (χ1v) is 3.88. The van der Waals surface area contributed by atoms with Crippen LogP contribution >= 0.6 is 0 Å². The minimum atomic E-state index is 0.112. The molecule has 3 heteroatoms. The van der Waals surface area contributed by atoms with Gasteiger partial charge in [0.05, 0.1) is 12.2 Å². The summed E-state index contributed by atoms with van der Waals surface area (Å²) in [6, 6.07) is 3.95. The molecule has 64 valence electrons. The Morgan fingerprint density at radius 1 is 1.58 bits per heavy atom. The molecule has 3 nitrogen and oxygen atoms in total. The summed E-state index contributed by atoms with van der Waals surface area (Å²) in [6.07, 6.45) is 0. The second-order valence-electron chi connectivity index (χ2n) is 2.77. The van der Waals surface area contributed by atoms with Gasteiger partial charge >= 0.3 is 0 Å². The molecule has 1 N–H and O–H groups in total. The minimum Gasteiger partial charge on any atom is -0.395 e. The molecule has 0 radical (unpaired) electrons. The number of aromatic nitrogens is 1. The average molecular weight is 164 g/mol. The van der Waals surface area contributed by atoms with Crippen molar-refractivity contribution in [2.24, 2.45) is 0 Å². The van der Waals surface area contributed by atoms with Gasteiger partial charge in [0.2, 0.25) is 0 Å². The highest BCUT2D eigenvalue weighted by atomic mass is 16.3. The summed E-state index contributed by atoms with van der Waals surface area (Å²) in [4.78, 5) is 0. The first kappa shape index (κ1) is 8.82. The van der Waals surface area contributed by atoms with Crippen LogP contribution in [-0.2, 0) is 6.54 Å². The van der Waals surface area contributed by atoms with Crippen molar-refractivity contribution in [1.82, 2.24) is 4.57 Å². The Labute approximate surface area is 71.9 Å². The molecule has 0 aliphatic heterocycles. The van der Waals surface area contributed by atoms with Gasteiger partial charge in [-0.05, 0) is 19.9 Å². The van der Waals surface area contributed by atoms with E-state index >= 15 is 0 Å². The zero-order chi connectivity index (χ0) is 9.14. The van der Waals surface area contributed by atoms with Gasteiger partial charge in [-0.25, -0.2) is 0 Å². The van der Waals surface area contributed by atoms with Crippen LogP contribution in [0.5, 0.6) is 0 Å². The third-order valence-corrected chi connectivity index (χ3v) is 2.02. The number of nitriles is 1. The summed E-state index contributed by atoms with van der Waals surface area (Å²) < 4.78 is 1.94. The highest BCUT2D eigenvalue weighted by Crippen LogP contribution is 2.13. The van der Waals surface area contributed by atoms with Gasteiger partial charge in [-0.15, -0.1) is 0 Å². The molecular formula is C9H12N2O. The zero-order valence-electron chi connectivity index (χ0n) is 7.33. The van der Waals surface area contributed by atoms with E-state index in [9.17, 15) is 0 Å². The normalized spacial score (nSPS) is 9.83. The maximum absolute atomic E-state index is 8.75. The van der Waals surface area contributed by atoms with E-state index < -0.39 is 0 Å². The van der Waals surface area contributed by atoms with Crippen molar-refractivity contribution in [1.29, 1.82) is 5.26 Å². The maximum Gasteiger partial charge on any atom is 0.101 e. The van der Waals surface area contributed by atoms with Crippen LogP contribution in [0.15, 0.2) is 6.07 Å². The molecule has 0 saturated heterocycles. The van der Waals surface area contributed by atoms with Gasteiger partial charge in [-0.2, -0.15) is 5.26 Å². The molecule has 0 amide bonds. The lowest BCUT2D eigenvalue weighted by molar-refractivity contribution is 0.274. The van der Waals surface area contributed by atoms with Crippen LogP contribution in [-0.4, -0.2) is 16.3 Å². The lowest BCUT2D eigenvalue weighted by Gasteiger charge is -2.05. The van der Waals surface area contributed by atoms with E-state index in [4.69, 9.17) is 10.4 Å². The van der Waals surface area contributed by atoms with Crippen LogP contribution in [0.2, 0.25) is 0 Å². The van der Waals surface area contributed by atoms with Crippen molar-refractivity contribution in [3.05, 3.63) is 23.0 Å². The Morgan fingerprint density at radius 3 is 2.67 bits per heavy atom. The molecule has 0 atom stereocenters. The Kier molecular flexibility index (Phi) is 2.51. The van der Waals surface area contributed by atoms with Crippen LogP contribution in [0.3, 0.4) is 0 Å². The molecule has 1 aromatic heterocycles. The summed E-state index contributed by atoms with van der Waals surface area (Å²) in [7, 11) is 0. The second-order valence-corrected chi connectivity index (χ2v) is 2.77. The highest BCUT2D eigenvalue weighted by molar-refractivity contribution is 5.37. The van der Waals surface area contributed by atoms with Crippen LogP contribution in [0.4, 0.5) is 0 Å². The number of aryl methyl sites for hydroxylation is 1. The van der Waals surface area contributed by atoms with Crippen molar-refractivity contribution < 1.29 is 5.11 Å². The second kappa shape index (κ2) is 3.42. The summed E-state index contributed by atoms with van der Waals surface area (Å²) in [5.74, 6) is 0. The topological polar surface area (TPSA) is 49.0 Å². The number of aliphatic hydroxyl groups excluding tert-OH is 1. The molecule has 0 bridgehead atoms. The van der Waals surface area contributed by atoms with E-state index in [1.54, 1.807) is 0 Å². The van der Waals surface area contributed by atoms with Gasteiger partial charge in [-0.1, -0.05) is 0 Å². The molecule has 0 aliphatic carbocycles. The molecule has 0 spiro atoms. The Hall–Kier alpha value is -1.27. The van der Waals surface area contributed by atoms with E-state index in [2.05, 4.69) is 6.07 Å². The van der Waals surface area contributed by atoms with Gasteiger partial charge < -0.3 is 9.67 Å². The van der Waals surface area contributed by atoms with E-state index in [0.29, 0.717) is 12.1 Å². The molecule has 12 heavy (non-hydrogen) atoms. The Morgan fingerprint density at radius 2 is 2.25 bits per heavy atom. The third-order valence-electron chi connectivity index (χ3n) is 2.02. The quantitative estimate of drug-likeness (QED) is 0.708. The van der Waals surface area contributed by atoms with Crippen LogP contribution in [0.1, 0.15) is 17.0 Å². The molecule has 0 aromatic carbocycles. The standard InChI is InChI=1S/C9H12N2O/c1-7-5-9(6-10)8(2)11(7)3-4-12/h5,12H,3-4H2,1-2H3. The van der Waals surface area contributed by atoms with Gasteiger partial charge in [0.25, 0.3) is 0 Å². The monoisotopic (exact) mass is 164 g/mol. The molecule has 0 fully saturated rings. The Bertz CT molecular complexity index is 320. The molecule has 1 heterocycles. The van der Waals surface area contributed by atoms with Gasteiger partial charge in [0.15, 0.2) is 0 Å². The van der Waals surface area contributed by atoms with Crippen LogP contribution in [0.25, 0.3) is 0 Å². The largest absolute Gasteiger partial charge is 0.395 e. The predicted molar refractivity (Wildman–Crippen MR) is 45.7 cm³/mol. The average Bonchev–Trinajstić information content (AvgIpc) is 2.32. The van der Waals surface area contributed by atoms with Gasteiger partial charge in [-0.3, -0.25) is 0 Å². The first-order valence-electron chi connectivity index (χ1n) is 3.88. The SMILES string of the molecule is Cc1cc(C#N)c(C)n1CCO. The van der Waals surface area contributed by atoms with Crippen molar-refractivity contribution in [3.8, 4) is 6.07 Å². The molecular weight excluding hydrogens is 152 g/mol. The number of hydrogen-bond donors (Lipinski definition) is 1. The number of aliphatic hydroxyl groups is 1.